The van der Waals surface area contributed by atoms with Crippen LogP contribution in [0.3, 0.4) is 0 Å². The lowest BCUT2D eigenvalue weighted by molar-refractivity contribution is -0.427. The van der Waals surface area contributed by atoms with Gasteiger partial charge in [0.15, 0.2) is 6.20 Å². The van der Waals surface area contributed by atoms with Gasteiger partial charge in [0.25, 0.3) is 0 Å². The molecule has 0 N–H and O–H groups in total. The Labute approximate surface area is 139 Å². The summed E-state index contributed by atoms with van der Waals surface area (Å²) in [4.78, 5) is 0. The number of nitrogens with zero attached hydrogens (tertiary/aromatic N) is 2. The molecule has 3 heteroatoms. The number of hydrogen-bond acceptors (Lipinski definition) is 1. The number of aryl methyl sites for hydroxylation is 1. The Morgan fingerprint density at radius 3 is 2.79 bits per heavy atom. The van der Waals surface area contributed by atoms with Crippen LogP contribution >= 0.6 is 0 Å². The van der Waals surface area contributed by atoms with Crippen LogP contribution in [-0.2, 0) is 4.74 Å². The van der Waals surface area contributed by atoms with Gasteiger partial charge < -0.3 is 9.30 Å². The Morgan fingerprint density at radius 2 is 1.92 bits per heavy atom. The number of benzene rings is 2. The lowest BCUT2D eigenvalue weighted by atomic mass is 9.81. The molecule has 3 aliphatic heterocycles. The van der Waals surface area contributed by atoms with Crippen LogP contribution in [0.25, 0.3) is 27.4 Å². The zero-order valence-electron chi connectivity index (χ0n) is 13.7. The molecular formula is C21H17N2O+. The lowest BCUT2D eigenvalue weighted by Crippen LogP contribution is -2.38. The molecule has 1 aromatic heterocycles. The molecule has 3 nitrogen and oxygen atoms in total. The Balaban J connectivity index is 1.91. The Bertz CT molecular complexity index is 1160. The van der Waals surface area contributed by atoms with Gasteiger partial charge in [-0.15, -0.1) is 0 Å². The number of ether oxygens (including phenoxy) is 1. The Morgan fingerprint density at radius 1 is 1.08 bits per heavy atom. The van der Waals surface area contributed by atoms with Crippen molar-refractivity contribution in [3.8, 4) is 0 Å². The topological polar surface area (TPSA) is 17.2 Å². The molecule has 0 radical (unpaired) electrons. The maximum atomic E-state index is 5.97. The van der Waals surface area contributed by atoms with E-state index in [0.717, 1.165) is 0 Å². The Kier molecular flexibility index (Phi) is 2.09. The zero-order chi connectivity index (χ0) is 16.0. The molecule has 116 valence electrons. The quantitative estimate of drug-likeness (QED) is 0.576. The van der Waals surface area contributed by atoms with E-state index in [4.69, 9.17) is 4.74 Å². The smallest absolute Gasteiger partial charge is 0.204 e. The number of hydrogen-bond donors (Lipinski definition) is 0. The van der Waals surface area contributed by atoms with Crippen LogP contribution in [0.2, 0.25) is 0 Å². The fourth-order valence-corrected chi connectivity index (χ4v) is 4.76. The van der Waals surface area contributed by atoms with Crippen molar-refractivity contribution < 1.29 is 9.31 Å². The molecule has 6 rings (SSSR count). The monoisotopic (exact) mass is 313 g/mol. The van der Waals surface area contributed by atoms with Crippen LogP contribution < -0.4 is 0 Å². The lowest BCUT2D eigenvalue weighted by Gasteiger charge is -2.28. The number of rotatable bonds is 0. The summed E-state index contributed by atoms with van der Waals surface area (Å²) in [7, 11) is 2.15. The molecule has 0 fully saturated rings. The van der Waals surface area contributed by atoms with Gasteiger partial charge in [-0.3, -0.25) is 0 Å². The van der Waals surface area contributed by atoms with E-state index in [9.17, 15) is 0 Å². The second-order valence-electron chi connectivity index (χ2n) is 6.95. The van der Waals surface area contributed by atoms with Gasteiger partial charge in [0.1, 0.15) is 25.3 Å². The van der Waals surface area contributed by atoms with Gasteiger partial charge in [0, 0.05) is 17.7 Å². The molecule has 24 heavy (non-hydrogen) atoms. The van der Waals surface area contributed by atoms with Gasteiger partial charge in [-0.25, -0.2) is 4.58 Å². The Hall–Kier alpha value is -2.81. The third-order valence-electron chi connectivity index (χ3n) is 5.82. The summed E-state index contributed by atoms with van der Waals surface area (Å²) in [6.07, 6.45) is 8.58. The van der Waals surface area contributed by atoms with E-state index in [1.165, 1.54) is 44.2 Å². The summed E-state index contributed by atoms with van der Waals surface area (Å²) in [5, 5.41) is 4.00. The molecule has 0 spiro atoms. The van der Waals surface area contributed by atoms with Gasteiger partial charge >= 0.3 is 0 Å². The number of fused-ring (bicyclic) bond motifs is 4. The van der Waals surface area contributed by atoms with Gasteiger partial charge in [-0.2, -0.15) is 0 Å². The van der Waals surface area contributed by atoms with E-state index < -0.39 is 0 Å². The highest BCUT2D eigenvalue weighted by atomic mass is 16.5. The first-order valence-electron chi connectivity index (χ1n) is 8.42. The maximum Gasteiger partial charge on any atom is 0.204 e. The molecule has 0 bridgehead atoms. The van der Waals surface area contributed by atoms with Crippen LogP contribution in [0.5, 0.6) is 0 Å². The van der Waals surface area contributed by atoms with Crippen molar-refractivity contribution in [1.29, 1.82) is 0 Å². The molecule has 2 atom stereocenters. The van der Waals surface area contributed by atoms with Crippen molar-refractivity contribution in [2.75, 3.05) is 7.05 Å². The average molecular weight is 313 g/mol. The van der Waals surface area contributed by atoms with Crippen molar-refractivity contribution in [1.82, 2.24) is 4.57 Å². The highest BCUT2D eigenvalue weighted by Crippen LogP contribution is 2.45. The highest BCUT2D eigenvalue weighted by molar-refractivity contribution is 6.23. The van der Waals surface area contributed by atoms with Crippen LogP contribution in [0, 0.1) is 12.8 Å². The van der Waals surface area contributed by atoms with Crippen molar-refractivity contribution >= 4 is 33.1 Å². The van der Waals surface area contributed by atoms with E-state index in [0.29, 0.717) is 0 Å². The van der Waals surface area contributed by atoms with Gasteiger partial charge in [0.2, 0.25) is 5.71 Å². The molecule has 0 saturated heterocycles. The van der Waals surface area contributed by atoms with E-state index >= 15 is 0 Å². The molecule has 4 heterocycles. The molecular weight excluding hydrogens is 296 g/mol. The van der Waals surface area contributed by atoms with Gasteiger partial charge in [-0.1, -0.05) is 24.3 Å². The molecule has 3 aliphatic rings. The molecule has 0 aliphatic carbocycles. The first kappa shape index (κ1) is 12.6. The fraction of sp³-hybridized carbons (Fsp3) is 0.190. The van der Waals surface area contributed by atoms with Gasteiger partial charge in [0.05, 0.1) is 16.8 Å². The maximum absolute atomic E-state index is 5.97. The predicted molar refractivity (Wildman–Crippen MR) is 96.3 cm³/mol. The van der Waals surface area contributed by atoms with E-state index in [1.807, 2.05) is 6.26 Å². The SMILES string of the molecule is Cc1c2c3c(ccn3C3=COC4C=C[N+](C)=C2C34)c2ccccc12. The minimum atomic E-state index is 0.114. The van der Waals surface area contributed by atoms with Crippen molar-refractivity contribution in [2.45, 2.75) is 13.0 Å². The van der Waals surface area contributed by atoms with Crippen molar-refractivity contribution in [3.05, 3.63) is 66.2 Å². The molecule has 3 aromatic rings. The number of aromatic nitrogens is 1. The zero-order valence-corrected chi connectivity index (χ0v) is 13.7. The first-order valence-corrected chi connectivity index (χ1v) is 8.42. The summed E-state index contributed by atoms with van der Waals surface area (Å²) in [6, 6.07) is 11.0. The highest BCUT2D eigenvalue weighted by Gasteiger charge is 2.47. The standard InChI is InChI=1S/C21H17N2O/c1-12-13-5-3-4-6-14(13)15-7-10-23-16-11-24-17-8-9-22(2)21(19(16)17)18(12)20(15)23/h3-11,17,19H,1-2H3/q+1. The van der Waals surface area contributed by atoms with Crippen LogP contribution in [0.4, 0.5) is 0 Å². The fourth-order valence-electron chi connectivity index (χ4n) is 4.76. The molecule has 2 aromatic carbocycles. The average Bonchev–Trinajstić information content (AvgIpc) is 3.22. The van der Waals surface area contributed by atoms with E-state index in [2.05, 4.69) is 71.9 Å². The summed E-state index contributed by atoms with van der Waals surface area (Å²) < 4.78 is 10.6. The summed E-state index contributed by atoms with van der Waals surface area (Å²) in [5.41, 5.74) is 6.67. The van der Waals surface area contributed by atoms with Crippen LogP contribution in [0.1, 0.15) is 11.1 Å². The van der Waals surface area contributed by atoms with Gasteiger partial charge in [-0.05, 0) is 29.3 Å². The van der Waals surface area contributed by atoms with E-state index in [1.54, 1.807) is 0 Å². The molecule has 0 amide bonds. The van der Waals surface area contributed by atoms with Crippen LogP contribution in [-0.4, -0.2) is 28.0 Å². The largest absolute Gasteiger partial charge is 0.491 e. The minimum Gasteiger partial charge on any atom is -0.491 e. The third-order valence-corrected chi connectivity index (χ3v) is 5.82. The summed E-state index contributed by atoms with van der Waals surface area (Å²) in [6.45, 7) is 2.26. The summed E-state index contributed by atoms with van der Waals surface area (Å²) in [5.74, 6) is 0.281. The van der Waals surface area contributed by atoms with E-state index in [-0.39, 0.29) is 12.0 Å². The van der Waals surface area contributed by atoms with Crippen molar-refractivity contribution in [3.63, 3.8) is 0 Å². The second-order valence-corrected chi connectivity index (χ2v) is 6.95. The summed E-state index contributed by atoms with van der Waals surface area (Å²) >= 11 is 0. The first-order chi connectivity index (χ1) is 11.8. The molecule has 0 saturated carbocycles. The van der Waals surface area contributed by atoms with Crippen LogP contribution in [0.15, 0.2) is 55.1 Å². The predicted octanol–water partition coefficient (Wildman–Crippen LogP) is 3.89. The second kappa shape index (κ2) is 3.99. The minimum absolute atomic E-state index is 0.114. The molecule has 2 unspecified atom stereocenters. The normalized spacial score (nSPS) is 23.7. The van der Waals surface area contributed by atoms with Crippen molar-refractivity contribution in [2.24, 2.45) is 5.92 Å². The third kappa shape index (κ3) is 1.25.